The minimum absolute atomic E-state index is 0.116. The Morgan fingerprint density at radius 1 is 1.78 bits per heavy atom. The first kappa shape index (κ1) is 6.68. The highest BCUT2D eigenvalue weighted by Crippen LogP contribution is 2.15. The zero-order chi connectivity index (χ0) is 6.85. The third kappa shape index (κ3) is 1.27. The van der Waals surface area contributed by atoms with Crippen molar-refractivity contribution >= 4 is 28.1 Å². The van der Waals surface area contributed by atoms with Crippen LogP contribution >= 0.6 is 15.9 Å². The lowest BCUT2D eigenvalue weighted by molar-refractivity contribution is -0.116. The van der Waals surface area contributed by atoms with Crippen LogP contribution in [0.5, 0.6) is 0 Å². The molecule has 1 unspecified atom stereocenters. The van der Waals surface area contributed by atoms with E-state index in [1.807, 2.05) is 13.0 Å². The van der Waals surface area contributed by atoms with Gasteiger partial charge in [0.15, 0.2) is 0 Å². The minimum atomic E-state index is -0.192. The summed E-state index contributed by atoms with van der Waals surface area (Å²) in [6, 6.07) is 0. The van der Waals surface area contributed by atoms with E-state index in [1.54, 1.807) is 0 Å². The zero-order valence-electron chi connectivity index (χ0n) is 4.97. The Morgan fingerprint density at radius 3 is 2.89 bits per heavy atom. The topological polar surface area (TPSA) is 29.4 Å². The van der Waals surface area contributed by atoms with Gasteiger partial charge in [-0.3, -0.25) is 4.79 Å². The number of amides is 1. The van der Waals surface area contributed by atoms with Crippen molar-refractivity contribution in [2.45, 2.75) is 11.8 Å². The number of halogens is 1. The molecule has 9 heavy (non-hydrogen) atoms. The molecule has 0 aromatic carbocycles. The number of allylic oxidation sites excluding steroid dienone is 1. The first-order valence-corrected chi connectivity index (χ1v) is 3.52. The van der Waals surface area contributed by atoms with Gasteiger partial charge in [0, 0.05) is 6.21 Å². The van der Waals surface area contributed by atoms with Crippen molar-refractivity contribution in [3.05, 3.63) is 11.6 Å². The summed E-state index contributed by atoms with van der Waals surface area (Å²) in [4.78, 5) is 14.1. The van der Waals surface area contributed by atoms with E-state index in [0.717, 1.165) is 5.57 Å². The quantitative estimate of drug-likeness (QED) is 0.527. The zero-order valence-corrected chi connectivity index (χ0v) is 6.55. The van der Waals surface area contributed by atoms with Crippen LogP contribution < -0.4 is 0 Å². The fourth-order valence-corrected chi connectivity index (χ4v) is 0.844. The molecule has 0 aromatic rings. The minimum Gasteiger partial charge on any atom is -0.271 e. The fourth-order valence-electron chi connectivity index (χ4n) is 0.573. The third-order valence-electron chi connectivity index (χ3n) is 1.16. The summed E-state index contributed by atoms with van der Waals surface area (Å²) in [5.41, 5.74) is 1.01. The van der Waals surface area contributed by atoms with E-state index in [2.05, 4.69) is 20.9 Å². The second kappa shape index (κ2) is 2.43. The normalized spacial score (nSPS) is 26.2. The van der Waals surface area contributed by atoms with Gasteiger partial charge in [0.25, 0.3) is 5.91 Å². The third-order valence-corrected chi connectivity index (χ3v) is 2.27. The predicted octanol–water partition coefficient (Wildman–Crippen LogP) is 1.31. The molecule has 1 heterocycles. The average Bonchev–Trinajstić information content (AvgIpc) is 1.83. The summed E-state index contributed by atoms with van der Waals surface area (Å²) in [5, 5.41) is 0. The van der Waals surface area contributed by atoms with Crippen molar-refractivity contribution in [2.75, 3.05) is 0 Å². The summed E-state index contributed by atoms with van der Waals surface area (Å²) in [5.74, 6) is -0.116. The number of nitrogens with zero attached hydrogens (tertiary/aromatic N) is 1. The molecule has 1 aliphatic rings. The van der Waals surface area contributed by atoms with Crippen molar-refractivity contribution < 1.29 is 4.79 Å². The molecule has 0 fully saturated rings. The molecule has 0 spiro atoms. The number of carbonyl (C=O) groups excluding carboxylic acids is 1. The Morgan fingerprint density at radius 2 is 2.44 bits per heavy atom. The van der Waals surface area contributed by atoms with Crippen LogP contribution in [0.1, 0.15) is 6.92 Å². The maximum atomic E-state index is 10.7. The number of hydrogen-bond acceptors (Lipinski definition) is 1. The highest BCUT2D eigenvalue weighted by atomic mass is 79.9. The maximum absolute atomic E-state index is 10.7. The van der Waals surface area contributed by atoms with E-state index in [1.165, 1.54) is 6.21 Å². The Hall–Kier alpha value is -0.440. The molecule has 1 rings (SSSR count). The highest BCUT2D eigenvalue weighted by molar-refractivity contribution is 9.10. The number of aliphatic imine (C=N–C) groups is 1. The monoisotopic (exact) mass is 187 g/mol. The predicted molar refractivity (Wildman–Crippen MR) is 40.0 cm³/mol. The van der Waals surface area contributed by atoms with E-state index in [9.17, 15) is 4.79 Å². The molecule has 0 aromatic heterocycles. The van der Waals surface area contributed by atoms with E-state index >= 15 is 0 Å². The van der Waals surface area contributed by atoms with Gasteiger partial charge in [0.2, 0.25) is 0 Å². The van der Waals surface area contributed by atoms with Crippen molar-refractivity contribution in [3.8, 4) is 0 Å². The first-order valence-electron chi connectivity index (χ1n) is 2.60. The molecule has 2 nitrogen and oxygen atoms in total. The molecular weight excluding hydrogens is 182 g/mol. The van der Waals surface area contributed by atoms with Gasteiger partial charge in [-0.1, -0.05) is 15.9 Å². The van der Waals surface area contributed by atoms with Gasteiger partial charge in [0.1, 0.15) is 4.83 Å². The standard InChI is InChI=1S/C6H6BrNO/c1-4-2-3-8-6(9)5(4)7/h2-3,5H,1H3. The van der Waals surface area contributed by atoms with Crippen LogP contribution in [0.25, 0.3) is 0 Å². The smallest absolute Gasteiger partial charge is 0.263 e. The van der Waals surface area contributed by atoms with Gasteiger partial charge in [-0.05, 0) is 18.6 Å². The van der Waals surface area contributed by atoms with Gasteiger partial charge in [-0.25, -0.2) is 4.99 Å². The van der Waals surface area contributed by atoms with Crippen LogP contribution in [0, 0.1) is 0 Å². The van der Waals surface area contributed by atoms with Crippen LogP contribution in [0.2, 0.25) is 0 Å². The highest BCUT2D eigenvalue weighted by Gasteiger charge is 2.16. The van der Waals surface area contributed by atoms with Crippen molar-refractivity contribution in [1.82, 2.24) is 0 Å². The van der Waals surface area contributed by atoms with Crippen LogP contribution in [-0.2, 0) is 4.79 Å². The van der Waals surface area contributed by atoms with Gasteiger partial charge < -0.3 is 0 Å². The molecule has 0 radical (unpaired) electrons. The van der Waals surface area contributed by atoms with Crippen LogP contribution in [0.15, 0.2) is 16.6 Å². The average molecular weight is 188 g/mol. The maximum Gasteiger partial charge on any atom is 0.263 e. The molecule has 0 saturated heterocycles. The molecule has 3 heteroatoms. The van der Waals surface area contributed by atoms with Crippen LogP contribution in [0.4, 0.5) is 0 Å². The van der Waals surface area contributed by atoms with E-state index < -0.39 is 0 Å². The summed E-state index contributed by atoms with van der Waals surface area (Å²) in [6.07, 6.45) is 3.34. The van der Waals surface area contributed by atoms with Crippen LogP contribution in [0.3, 0.4) is 0 Å². The van der Waals surface area contributed by atoms with E-state index in [-0.39, 0.29) is 10.7 Å². The molecule has 48 valence electrons. The SMILES string of the molecule is CC1=CC=NC(=O)C1Br. The molecule has 1 amide bonds. The largest absolute Gasteiger partial charge is 0.271 e. The van der Waals surface area contributed by atoms with Gasteiger partial charge in [-0.15, -0.1) is 0 Å². The van der Waals surface area contributed by atoms with E-state index in [0.29, 0.717) is 0 Å². The molecule has 1 aliphatic heterocycles. The number of hydrogen-bond donors (Lipinski definition) is 0. The summed E-state index contributed by atoms with van der Waals surface area (Å²) in [6.45, 7) is 1.89. The van der Waals surface area contributed by atoms with Gasteiger partial charge in [0.05, 0.1) is 0 Å². The second-order valence-corrected chi connectivity index (χ2v) is 2.81. The van der Waals surface area contributed by atoms with E-state index in [4.69, 9.17) is 0 Å². The molecule has 1 atom stereocenters. The summed E-state index contributed by atoms with van der Waals surface area (Å²) in [7, 11) is 0. The molecule has 0 saturated carbocycles. The van der Waals surface area contributed by atoms with Crippen molar-refractivity contribution in [3.63, 3.8) is 0 Å². The van der Waals surface area contributed by atoms with Crippen molar-refractivity contribution in [1.29, 1.82) is 0 Å². The lowest BCUT2D eigenvalue weighted by Gasteiger charge is -2.07. The molecule has 0 aliphatic carbocycles. The van der Waals surface area contributed by atoms with Gasteiger partial charge in [-0.2, -0.15) is 0 Å². The fraction of sp³-hybridized carbons (Fsp3) is 0.333. The number of carbonyl (C=O) groups is 1. The first-order chi connectivity index (χ1) is 4.22. The molecular formula is C6H6BrNO. The lowest BCUT2D eigenvalue weighted by Crippen LogP contribution is -2.15. The Kier molecular flexibility index (Phi) is 1.81. The number of dihydropyridines is 1. The number of alkyl halides is 1. The number of rotatable bonds is 0. The summed E-state index contributed by atoms with van der Waals surface area (Å²) >= 11 is 3.19. The Labute approximate surface area is 61.8 Å². The molecule has 0 bridgehead atoms. The Balaban J connectivity index is 2.86. The Bertz CT molecular complexity index is 195. The molecule has 0 N–H and O–H groups in total. The van der Waals surface area contributed by atoms with Crippen molar-refractivity contribution in [2.24, 2.45) is 4.99 Å². The van der Waals surface area contributed by atoms with Gasteiger partial charge >= 0.3 is 0 Å². The lowest BCUT2D eigenvalue weighted by atomic mass is 10.2. The summed E-state index contributed by atoms with van der Waals surface area (Å²) < 4.78 is 0. The second-order valence-electron chi connectivity index (χ2n) is 1.89. The van der Waals surface area contributed by atoms with Crippen LogP contribution in [-0.4, -0.2) is 16.9 Å².